The summed E-state index contributed by atoms with van der Waals surface area (Å²) < 4.78 is 32.1. The van der Waals surface area contributed by atoms with E-state index in [0.717, 1.165) is 26.1 Å². The van der Waals surface area contributed by atoms with Gasteiger partial charge in [-0.15, -0.1) is 0 Å². The average molecular weight is 351 g/mol. The Kier molecular flexibility index (Phi) is 12.1. The van der Waals surface area contributed by atoms with Gasteiger partial charge in [-0.25, -0.2) is 8.42 Å². The lowest BCUT2D eigenvalue weighted by atomic mass is 10.3. The second-order valence-electron chi connectivity index (χ2n) is 6.85. The summed E-state index contributed by atoms with van der Waals surface area (Å²) in [4.78, 5) is 2.21. The van der Waals surface area contributed by atoms with Crippen molar-refractivity contribution in [3.05, 3.63) is 0 Å². The zero-order valence-corrected chi connectivity index (χ0v) is 16.5. The molecule has 1 heterocycles. The van der Waals surface area contributed by atoms with Gasteiger partial charge in [-0.2, -0.15) is 0 Å². The van der Waals surface area contributed by atoms with Crippen molar-refractivity contribution in [3.8, 4) is 0 Å². The lowest BCUT2D eigenvalue weighted by Gasteiger charge is -2.28. The van der Waals surface area contributed by atoms with Crippen LogP contribution in [0.2, 0.25) is 0 Å². The van der Waals surface area contributed by atoms with Crippen molar-refractivity contribution < 1.29 is 17.5 Å². The molecule has 0 aromatic rings. The SMILES string of the molecule is CCCC[N+]1(C)CCCC1.CCN(CC)CCCCS(=O)(=O)[O-]. The molecule has 23 heavy (non-hydrogen) atoms. The second kappa shape index (κ2) is 12.2. The highest BCUT2D eigenvalue weighted by molar-refractivity contribution is 7.85. The normalized spacial score (nSPS) is 17.1. The first-order valence-electron chi connectivity index (χ1n) is 9.25. The van der Waals surface area contributed by atoms with Crippen LogP contribution in [0.3, 0.4) is 0 Å². The summed E-state index contributed by atoms with van der Waals surface area (Å²) in [6.07, 6.45) is 6.94. The highest BCUT2D eigenvalue weighted by Gasteiger charge is 2.25. The molecule has 0 aromatic heterocycles. The van der Waals surface area contributed by atoms with Crippen LogP contribution in [0.15, 0.2) is 0 Å². The summed E-state index contributed by atoms with van der Waals surface area (Å²) in [6.45, 7) is 13.5. The van der Waals surface area contributed by atoms with E-state index in [4.69, 9.17) is 0 Å². The Balaban J connectivity index is 0.000000433. The first kappa shape index (κ1) is 22.8. The number of rotatable bonds is 10. The van der Waals surface area contributed by atoms with Gasteiger partial charge in [0.05, 0.1) is 36.8 Å². The molecule has 140 valence electrons. The van der Waals surface area contributed by atoms with Gasteiger partial charge in [0.15, 0.2) is 0 Å². The summed E-state index contributed by atoms with van der Waals surface area (Å²) >= 11 is 0. The van der Waals surface area contributed by atoms with Crippen LogP contribution in [0, 0.1) is 0 Å². The van der Waals surface area contributed by atoms with Crippen LogP contribution in [-0.4, -0.2) is 74.4 Å². The maximum absolute atomic E-state index is 10.2. The van der Waals surface area contributed by atoms with E-state index in [2.05, 4.69) is 32.7 Å². The highest BCUT2D eigenvalue weighted by Crippen LogP contribution is 2.16. The molecule has 6 heteroatoms. The van der Waals surface area contributed by atoms with Gasteiger partial charge in [0, 0.05) is 18.6 Å². The Hall–Kier alpha value is -0.170. The van der Waals surface area contributed by atoms with E-state index in [9.17, 15) is 13.0 Å². The quantitative estimate of drug-likeness (QED) is 0.345. The van der Waals surface area contributed by atoms with E-state index in [-0.39, 0.29) is 5.75 Å². The van der Waals surface area contributed by atoms with Gasteiger partial charge in [0.25, 0.3) is 0 Å². The van der Waals surface area contributed by atoms with Crippen LogP contribution in [0.4, 0.5) is 0 Å². The van der Waals surface area contributed by atoms with Crippen LogP contribution in [-0.2, 0) is 10.1 Å². The molecular formula is C17H38N2O3S. The predicted octanol–water partition coefficient (Wildman–Crippen LogP) is 2.68. The first-order chi connectivity index (χ1) is 10.8. The molecule has 0 saturated carbocycles. The van der Waals surface area contributed by atoms with Crippen molar-refractivity contribution in [3.63, 3.8) is 0 Å². The molecule has 0 atom stereocenters. The van der Waals surface area contributed by atoms with Crippen LogP contribution < -0.4 is 0 Å². The third-order valence-corrected chi connectivity index (χ3v) is 5.50. The van der Waals surface area contributed by atoms with Crippen LogP contribution in [0.25, 0.3) is 0 Å². The number of quaternary nitrogens is 1. The molecule has 0 aliphatic carbocycles. The smallest absolute Gasteiger partial charge is 0.0945 e. The topological polar surface area (TPSA) is 60.4 Å². The predicted molar refractivity (Wildman–Crippen MR) is 96.5 cm³/mol. The maximum Gasteiger partial charge on any atom is 0.0945 e. The van der Waals surface area contributed by atoms with Gasteiger partial charge in [-0.3, -0.25) is 0 Å². The Morgan fingerprint density at radius 3 is 2.00 bits per heavy atom. The van der Waals surface area contributed by atoms with Gasteiger partial charge in [0.1, 0.15) is 0 Å². The van der Waals surface area contributed by atoms with Crippen molar-refractivity contribution in [2.24, 2.45) is 0 Å². The number of nitrogens with zero attached hydrogens (tertiary/aromatic N) is 2. The number of hydrogen-bond acceptors (Lipinski definition) is 4. The first-order valence-corrected chi connectivity index (χ1v) is 10.8. The van der Waals surface area contributed by atoms with E-state index in [1.807, 2.05) is 0 Å². The van der Waals surface area contributed by atoms with Crippen molar-refractivity contribution >= 4 is 10.1 Å². The molecule has 0 bridgehead atoms. The molecule has 5 nitrogen and oxygen atoms in total. The average Bonchev–Trinajstić information content (AvgIpc) is 2.92. The van der Waals surface area contributed by atoms with Gasteiger partial charge >= 0.3 is 0 Å². The molecule has 1 aliphatic rings. The summed E-state index contributed by atoms with van der Waals surface area (Å²) in [5.74, 6) is -0.228. The molecule has 1 aliphatic heterocycles. The minimum atomic E-state index is -4.00. The molecule has 1 rings (SSSR count). The minimum absolute atomic E-state index is 0.228. The van der Waals surface area contributed by atoms with Gasteiger partial charge < -0.3 is 13.9 Å². The number of unbranched alkanes of at least 4 members (excludes halogenated alkanes) is 2. The zero-order valence-electron chi connectivity index (χ0n) is 15.7. The Labute approximate surface area is 144 Å². The monoisotopic (exact) mass is 350 g/mol. The Morgan fingerprint density at radius 1 is 1.00 bits per heavy atom. The summed E-state index contributed by atoms with van der Waals surface area (Å²) in [6, 6.07) is 0. The van der Waals surface area contributed by atoms with E-state index >= 15 is 0 Å². The molecule has 0 N–H and O–H groups in total. The highest BCUT2D eigenvalue weighted by atomic mass is 32.2. The summed E-state index contributed by atoms with van der Waals surface area (Å²) in [5, 5.41) is 0. The molecule has 1 saturated heterocycles. The van der Waals surface area contributed by atoms with Crippen LogP contribution in [0.5, 0.6) is 0 Å². The lowest BCUT2D eigenvalue weighted by Crippen LogP contribution is -2.41. The van der Waals surface area contributed by atoms with Crippen molar-refractivity contribution in [2.75, 3.05) is 52.1 Å². The van der Waals surface area contributed by atoms with Crippen LogP contribution >= 0.6 is 0 Å². The van der Waals surface area contributed by atoms with Crippen LogP contribution in [0.1, 0.15) is 59.3 Å². The van der Waals surface area contributed by atoms with Crippen molar-refractivity contribution in [1.82, 2.24) is 4.90 Å². The number of hydrogen-bond donors (Lipinski definition) is 0. The standard InChI is InChI=1S/C9H20N.C8H19NO3S/c1-3-4-7-10(2)8-5-6-9-10;1-3-9(4-2)7-5-6-8-13(10,11)12/h3-9H2,1-2H3;3-8H2,1-2H3,(H,10,11,12)/q+1;/p-1. The largest absolute Gasteiger partial charge is 0.748 e. The number of likely N-dealkylation sites (tertiary alicyclic amines) is 1. The van der Waals surface area contributed by atoms with Crippen molar-refractivity contribution in [2.45, 2.75) is 59.3 Å². The van der Waals surface area contributed by atoms with E-state index in [1.165, 1.54) is 49.8 Å². The molecule has 1 fully saturated rings. The van der Waals surface area contributed by atoms with E-state index in [0.29, 0.717) is 6.42 Å². The van der Waals surface area contributed by atoms with E-state index in [1.54, 1.807) is 0 Å². The fourth-order valence-corrected chi connectivity index (χ4v) is 3.57. The van der Waals surface area contributed by atoms with Gasteiger partial charge in [-0.05, 0) is 38.9 Å². The minimum Gasteiger partial charge on any atom is -0.748 e. The summed E-state index contributed by atoms with van der Waals surface area (Å²) in [5.41, 5.74) is 0. The second-order valence-corrected chi connectivity index (χ2v) is 8.37. The Bertz CT molecular complexity index is 375. The van der Waals surface area contributed by atoms with Gasteiger partial charge in [-0.1, -0.05) is 27.2 Å². The molecule has 0 aromatic carbocycles. The fourth-order valence-electron chi connectivity index (χ4n) is 3.02. The third kappa shape index (κ3) is 12.9. The fraction of sp³-hybridized carbons (Fsp3) is 1.00. The third-order valence-electron chi connectivity index (χ3n) is 4.71. The lowest BCUT2D eigenvalue weighted by molar-refractivity contribution is -0.897. The summed E-state index contributed by atoms with van der Waals surface area (Å²) in [7, 11) is -1.60. The maximum atomic E-state index is 10.2. The van der Waals surface area contributed by atoms with E-state index < -0.39 is 10.1 Å². The van der Waals surface area contributed by atoms with Gasteiger partial charge in [0.2, 0.25) is 0 Å². The molecular weight excluding hydrogens is 312 g/mol. The molecule has 0 radical (unpaired) electrons. The molecule has 0 unspecified atom stereocenters. The zero-order chi connectivity index (χ0) is 17.8. The molecule has 0 amide bonds. The van der Waals surface area contributed by atoms with Crippen molar-refractivity contribution in [1.29, 1.82) is 0 Å². The Morgan fingerprint density at radius 2 is 1.57 bits per heavy atom. The molecule has 0 spiro atoms.